The zero-order valence-electron chi connectivity index (χ0n) is 15.2. The third-order valence-electron chi connectivity index (χ3n) is 5.24. The smallest absolute Gasteiger partial charge is 0.160 e. The van der Waals surface area contributed by atoms with Crippen LogP contribution < -0.4 is 10.6 Å². The van der Waals surface area contributed by atoms with Gasteiger partial charge in [-0.05, 0) is 57.4 Å². The molecule has 1 heterocycles. The van der Waals surface area contributed by atoms with E-state index in [2.05, 4.69) is 42.7 Å². The Kier molecular flexibility index (Phi) is 5.09. The summed E-state index contributed by atoms with van der Waals surface area (Å²) in [5, 5.41) is 6.82. The average Bonchev–Trinajstić information content (AvgIpc) is 2.55. The van der Waals surface area contributed by atoms with Crippen molar-refractivity contribution in [3.8, 4) is 0 Å². The first kappa shape index (κ1) is 17.2. The number of benzene rings is 1. The lowest BCUT2D eigenvalue weighted by atomic mass is 9.82. The first-order valence-electron chi connectivity index (χ1n) is 9.29. The molecule has 2 N–H and O–H groups in total. The Labute approximate surface area is 145 Å². The van der Waals surface area contributed by atoms with Crippen LogP contribution in [0.5, 0.6) is 0 Å². The minimum absolute atomic E-state index is 0.0177. The minimum Gasteiger partial charge on any atom is -0.379 e. The number of rotatable bonds is 4. The Morgan fingerprint density at radius 3 is 2.75 bits per heavy atom. The first-order valence-corrected chi connectivity index (χ1v) is 9.29. The number of carbonyl (C=O) groups excluding carboxylic acids is 1. The van der Waals surface area contributed by atoms with Crippen molar-refractivity contribution >= 4 is 11.5 Å². The van der Waals surface area contributed by atoms with Crippen LogP contribution in [-0.4, -0.2) is 18.4 Å². The topological polar surface area (TPSA) is 41.1 Å². The van der Waals surface area contributed by atoms with Crippen molar-refractivity contribution in [3.63, 3.8) is 0 Å². The molecule has 1 aromatic carbocycles. The standard InChI is InChI=1S/C21H30N2O/c1-21(2)13-17-10-9-15(14-22-3)11-18(17)19(23-21)12-20(24)16-7-5-4-6-8-16/h9-12,16,22-23H,4-8,13-14H2,1-3H3. The normalized spacial score (nSPS) is 22.0. The van der Waals surface area contributed by atoms with Crippen LogP contribution in [0.1, 0.15) is 62.6 Å². The van der Waals surface area contributed by atoms with E-state index < -0.39 is 0 Å². The van der Waals surface area contributed by atoms with Crippen LogP contribution >= 0.6 is 0 Å². The first-order chi connectivity index (χ1) is 11.5. The SMILES string of the molecule is CNCc1ccc2c(c1)C(=CC(=O)C1CCCCC1)NC(C)(C)C2. The van der Waals surface area contributed by atoms with Gasteiger partial charge >= 0.3 is 0 Å². The lowest BCUT2D eigenvalue weighted by molar-refractivity contribution is -0.119. The Bertz CT molecular complexity index is 639. The molecule has 1 aromatic rings. The van der Waals surface area contributed by atoms with Crippen molar-refractivity contribution in [2.75, 3.05) is 7.05 Å². The van der Waals surface area contributed by atoms with E-state index in [1.807, 2.05) is 13.1 Å². The monoisotopic (exact) mass is 326 g/mol. The molecule has 0 unspecified atom stereocenters. The molecule has 1 saturated carbocycles. The summed E-state index contributed by atoms with van der Waals surface area (Å²) in [6, 6.07) is 6.65. The molecule has 1 aliphatic carbocycles. The molecule has 1 aliphatic heterocycles. The maximum Gasteiger partial charge on any atom is 0.160 e. The quantitative estimate of drug-likeness (QED) is 0.827. The van der Waals surface area contributed by atoms with Crippen molar-refractivity contribution in [2.24, 2.45) is 5.92 Å². The van der Waals surface area contributed by atoms with Gasteiger partial charge in [-0.1, -0.05) is 31.4 Å². The maximum absolute atomic E-state index is 12.8. The van der Waals surface area contributed by atoms with E-state index in [1.165, 1.54) is 36.0 Å². The Hall–Kier alpha value is -1.61. The fourth-order valence-electron chi connectivity index (χ4n) is 4.06. The van der Waals surface area contributed by atoms with Crippen LogP contribution in [0.3, 0.4) is 0 Å². The van der Waals surface area contributed by atoms with Crippen molar-refractivity contribution in [3.05, 3.63) is 41.0 Å². The highest BCUT2D eigenvalue weighted by atomic mass is 16.1. The molecule has 0 amide bonds. The molecule has 24 heavy (non-hydrogen) atoms. The molecule has 1 fully saturated rings. The maximum atomic E-state index is 12.8. The van der Waals surface area contributed by atoms with Gasteiger partial charge in [0.15, 0.2) is 5.78 Å². The number of fused-ring (bicyclic) bond motifs is 1. The Balaban J connectivity index is 1.92. The molecular weight excluding hydrogens is 296 g/mol. The minimum atomic E-state index is -0.0177. The molecule has 0 bridgehead atoms. The van der Waals surface area contributed by atoms with Gasteiger partial charge in [0.05, 0.1) is 0 Å². The van der Waals surface area contributed by atoms with Gasteiger partial charge in [0, 0.05) is 35.3 Å². The van der Waals surface area contributed by atoms with Crippen molar-refractivity contribution < 1.29 is 4.79 Å². The second-order valence-electron chi connectivity index (χ2n) is 8.00. The van der Waals surface area contributed by atoms with Crippen LogP contribution in [0, 0.1) is 5.92 Å². The van der Waals surface area contributed by atoms with E-state index in [1.54, 1.807) is 0 Å². The van der Waals surface area contributed by atoms with E-state index in [0.717, 1.165) is 31.5 Å². The summed E-state index contributed by atoms with van der Waals surface area (Å²) in [7, 11) is 1.96. The highest BCUT2D eigenvalue weighted by molar-refractivity contribution is 5.98. The van der Waals surface area contributed by atoms with Gasteiger partial charge < -0.3 is 10.6 Å². The van der Waals surface area contributed by atoms with E-state index >= 15 is 0 Å². The van der Waals surface area contributed by atoms with Crippen LogP contribution in [0.15, 0.2) is 24.3 Å². The number of hydrogen-bond donors (Lipinski definition) is 2. The van der Waals surface area contributed by atoms with Crippen LogP contribution in [0.25, 0.3) is 5.70 Å². The zero-order valence-corrected chi connectivity index (χ0v) is 15.2. The summed E-state index contributed by atoms with van der Waals surface area (Å²) in [6.07, 6.45) is 8.65. The highest BCUT2D eigenvalue weighted by Gasteiger charge is 2.29. The summed E-state index contributed by atoms with van der Waals surface area (Å²) >= 11 is 0. The van der Waals surface area contributed by atoms with E-state index in [0.29, 0.717) is 5.78 Å². The van der Waals surface area contributed by atoms with Crippen molar-refractivity contribution in [1.29, 1.82) is 0 Å². The summed E-state index contributed by atoms with van der Waals surface area (Å²) < 4.78 is 0. The van der Waals surface area contributed by atoms with Gasteiger partial charge in [-0.3, -0.25) is 4.79 Å². The van der Waals surface area contributed by atoms with Gasteiger partial charge in [-0.25, -0.2) is 0 Å². The molecule has 0 radical (unpaired) electrons. The number of allylic oxidation sites excluding steroid dienone is 1. The van der Waals surface area contributed by atoms with Crippen molar-refractivity contribution in [1.82, 2.24) is 10.6 Å². The van der Waals surface area contributed by atoms with Crippen LogP contribution in [0.4, 0.5) is 0 Å². The van der Waals surface area contributed by atoms with Crippen molar-refractivity contribution in [2.45, 2.75) is 64.5 Å². The molecule has 3 rings (SSSR count). The summed E-state index contributed by atoms with van der Waals surface area (Å²) in [5.74, 6) is 0.530. The number of carbonyl (C=O) groups is 1. The number of ketones is 1. The van der Waals surface area contributed by atoms with Gasteiger partial charge in [0.1, 0.15) is 0 Å². The van der Waals surface area contributed by atoms with Gasteiger partial charge in [-0.15, -0.1) is 0 Å². The lowest BCUT2D eigenvalue weighted by Gasteiger charge is -2.36. The molecule has 0 saturated heterocycles. The van der Waals surface area contributed by atoms with E-state index in [-0.39, 0.29) is 11.5 Å². The second-order valence-corrected chi connectivity index (χ2v) is 8.00. The molecule has 0 spiro atoms. The predicted octanol–water partition coefficient (Wildman–Crippen LogP) is 3.82. The lowest BCUT2D eigenvalue weighted by Crippen LogP contribution is -2.44. The van der Waals surface area contributed by atoms with Gasteiger partial charge in [0.25, 0.3) is 0 Å². The molecule has 0 aromatic heterocycles. The van der Waals surface area contributed by atoms with Gasteiger partial charge in [-0.2, -0.15) is 0 Å². The van der Waals surface area contributed by atoms with Gasteiger partial charge in [0.2, 0.25) is 0 Å². The number of hydrogen-bond acceptors (Lipinski definition) is 3. The second kappa shape index (κ2) is 7.10. The molecular formula is C21H30N2O. The molecule has 3 heteroatoms. The van der Waals surface area contributed by atoms with E-state index in [4.69, 9.17) is 0 Å². The average molecular weight is 326 g/mol. The molecule has 130 valence electrons. The van der Waals surface area contributed by atoms with E-state index in [9.17, 15) is 4.79 Å². The molecule has 3 nitrogen and oxygen atoms in total. The molecule has 0 atom stereocenters. The summed E-state index contributed by atoms with van der Waals surface area (Å²) in [4.78, 5) is 12.8. The molecule has 2 aliphatic rings. The third-order valence-corrected chi connectivity index (χ3v) is 5.24. The van der Waals surface area contributed by atoms with Crippen LogP contribution in [0.2, 0.25) is 0 Å². The Morgan fingerprint density at radius 1 is 1.29 bits per heavy atom. The Morgan fingerprint density at radius 2 is 2.04 bits per heavy atom. The highest BCUT2D eigenvalue weighted by Crippen LogP contribution is 2.32. The fourth-order valence-corrected chi connectivity index (χ4v) is 4.06. The zero-order chi connectivity index (χ0) is 17.2. The van der Waals surface area contributed by atoms with Crippen LogP contribution in [-0.2, 0) is 17.8 Å². The number of nitrogens with one attached hydrogen (secondary N) is 2. The largest absolute Gasteiger partial charge is 0.379 e. The fraction of sp³-hybridized carbons (Fsp3) is 0.571. The third kappa shape index (κ3) is 3.89. The predicted molar refractivity (Wildman–Crippen MR) is 99.7 cm³/mol. The summed E-state index contributed by atoms with van der Waals surface area (Å²) in [6.45, 7) is 5.26. The summed E-state index contributed by atoms with van der Waals surface area (Å²) in [5.41, 5.74) is 4.78.